The second-order valence-corrected chi connectivity index (χ2v) is 24.8. The number of aliphatic carboxylic acids is 1. The summed E-state index contributed by atoms with van der Waals surface area (Å²) in [6.07, 6.45) is 92.8. The van der Waals surface area contributed by atoms with Gasteiger partial charge in [-0.15, -0.1) is 0 Å². The second-order valence-electron chi connectivity index (χ2n) is 24.8. The highest BCUT2D eigenvalue weighted by atomic mass is 16.7. The second kappa shape index (κ2) is 67.6. The fraction of sp³-hybridized carbons (Fsp3) is 0.705. The van der Waals surface area contributed by atoms with Crippen LogP contribution in [0.4, 0.5) is 0 Å². The van der Waals surface area contributed by atoms with Gasteiger partial charge in [-0.1, -0.05) is 302 Å². The Balaban J connectivity index is 4.08. The highest BCUT2D eigenvalue weighted by Gasteiger charge is 2.22. The van der Waals surface area contributed by atoms with Crippen molar-refractivity contribution in [2.45, 2.75) is 309 Å². The summed E-state index contributed by atoms with van der Waals surface area (Å²) in [4.78, 5) is 37.5. The molecular weight excluding hydrogens is 1080 g/mol. The van der Waals surface area contributed by atoms with Crippen LogP contribution in [0, 0.1) is 0 Å². The van der Waals surface area contributed by atoms with E-state index in [0.717, 1.165) is 103 Å². The van der Waals surface area contributed by atoms with Gasteiger partial charge in [-0.05, 0) is 103 Å². The summed E-state index contributed by atoms with van der Waals surface area (Å²) in [5.74, 6) is -2.28. The summed E-state index contributed by atoms with van der Waals surface area (Å²) < 4.78 is 22.8. The van der Waals surface area contributed by atoms with Gasteiger partial charge in [0.1, 0.15) is 13.2 Å². The molecule has 2 atom stereocenters. The Morgan fingerprint density at radius 1 is 0.345 bits per heavy atom. The quantitative estimate of drug-likeness (QED) is 0.0195. The molecule has 0 fully saturated rings. The smallest absolute Gasteiger partial charge is 0.306 e. The van der Waals surface area contributed by atoms with E-state index in [1.807, 2.05) is 21.1 Å². The number of hydrogen-bond donors (Lipinski definition) is 0. The SMILES string of the molecule is CC/C=C\C/C=C\C/C=C\C/C=C\C/C=C\C/C=C\CCCCCCCCCCCCCCCCCCCCC(=O)OC(COC(=O)CCCCCCCCCCCCCC/C=C\C/C=C\C/C=C\C/C=C\CC)COC(OCC[N+](C)(C)C)C(=O)[O-]. The summed E-state index contributed by atoms with van der Waals surface area (Å²) in [6, 6.07) is 0. The van der Waals surface area contributed by atoms with Crippen LogP contribution in [0.25, 0.3) is 0 Å². The van der Waals surface area contributed by atoms with Crippen molar-refractivity contribution >= 4 is 17.9 Å². The highest BCUT2D eigenvalue weighted by Crippen LogP contribution is 2.17. The maximum atomic E-state index is 12.9. The molecule has 0 aromatic rings. The number of allylic oxidation sites excluding steroid dienone is 20. The number of ether oxygens (including phenoxy) is 4. The lowest BCUT2D eigenvalue weighted by molar-refractivity contribution is -0.870. The molecule has 0 aliphatic rings. The van der Waals surface area contributed by atoms with Gasteiger partial charge in [0.25, 0.3) is 0 Å². The van der Waals surface area contributed by atoms with Gasteiger partial charge in [0.2, 0.25) is 0 Å². The predicted molar refractivity (Wildman–Crippen MR) is 370 cm³/mol. The molecule has 0 saturated heterocycles. The molecule has 0 bridgehead atoms. The molecule has 0 aromatic carbocycles. The van der Waals surface area contributed by atoms with Gasteiger partial charge in [0.15, 0.2) is 12.4 Å². The van der Waals surface area contributed by atoms with Crippen LogP contribution >= 0.6 is 0 Å². The minimum Gasteiger partial charge on any atom is -0.545 e. The van der Waals surface area contributed by atoms with E-state index >= 15 is 0 Å². The molecule has 0 radical (unpaired) electrons. The molecule has 9 nitrogen and oxygen atoms in total. The first-order valence-corrected chi connectivity index (χ1v) is 35.7. The van der Waals surface area contributed by atoms with Crippen molar-refractivity contribution in [3.63, 3.8) is 0 Å². The normalized spacial score (nSPS) is 13.4. The third-order valence-corrected chi connectivity index (χ3v) is 15.2. The Hall–Kier alpha value is -4.31. The number of rotatable bonds is 65. The topological polar surface area (TPSA) is 111 Å². The van der Waals surface area contributed by atoms with Gasteiger partial charge in [0.05, 0.1) is 40.3 Å². The lowest BCUT2D eigenvalue weighted by atomic mass is 10.0. The number of nitrogens with zero attached hydrogens (tertiary/aromatic N) is 1. The first-order valence-electron chi connectivity index (χ1n) is 35.7. The van der Waals surface area contributed by atoms with Crippen molar-refractivity contribution in [2.24, 2.45) is 0 Å². The van der Waals surface area contributed by atoms with Crippen LogP contribution in [0.15, 0.2) is 122 Å². The standard InChI is InChI=1S/C78H133NO8/c1-6-8-10-12-14-16-18-20-22-24-26-28-30-32-33-34-35-36-37-38-39-40-41-42-43-45-47-49-51-53-55-57-59-61-63-65-67-69-76(81)87-74(73-86-78(77(82)83)84-71-70-79(3,4)5)72-85-75(80)68-66-64-62-60-58-56-54-52-50-48-46-44-31-29-27-25-23-21-19-17-15-13-11-9-7-2/h8-11,14-17,20-23,26-29,32-33,35-36,74,78H,6-7,12-13,18-19,24-25,30-31,34,37-73H2,1-5H3/b10-8-,11-9-,16-14-,17-15-,22-20-,23-21-,28-26-,29-27-,33-32-,36-35-. The summed E-state index contributed by atoms with van der Waals surface area (Å²) >= 11 is 0. The Morgan fingerprint density at radius 3 is 0.920 bits per heavy atom. The van der Waals surface area contributed by atoms with Gasteiger partial charge in [-0.25, -0.2) is 0 Å². The number of hydrogen-bond acceptors (Lipinski definition) is 8. The van der Waals surface area contributed by atoms with Crippen molar-refractivity contribution in [2.75, 3.05) is 47.5 Å². The number of carboxylic acid groups (broad SMARTS) is 1. The van der Waals surface area contributed by atoms with E-state index in [4.69, 9.17) is 18.9 Å². The van der Waals surface area contributed by atoms with Gasteiger partial charge in [0, 0.05) is 12.8 Å². The van der Waals surface area contributed by atoms with E-state index in [1.54, 1.807) is 0 Å². The van der Waals surface area contributed by atoms with Crippen LogP contribution in [0.2, 0.25) is 0 Å². The molecule has 0 aliphatic carbocycles. The van der Waals surface area contributed by atoms with Crippen molar-refractivity contribution in [1.82, 2.24) is 0 Å². The van der Waals surface area contributed by atoms with Crippen molar-refractivity contribution in [1.29, 1.82) is 0 Å². The van der Waals surface area contributed by atoms with Crippen LogP contribution in [0.1, 0.15) is 296 Å². The largest absolute Gasteiger partial charge is 0.545 e. The Bertz CT molecular complexity index is 1840. The molecule has 87 heavy (non-hydrogen) atoms. The predicted octanol–water partition coefficient (Wildman–Crippen LogP) is 21.0. The maximum Gasteiger partial charge on any atom is 0.306 e. The monoisotopic (exact) mass is 1210 g/mol. The van der Waals surface area contributed by atoms with Gasteiger partial charge in [-0.2, -0.15) is 0 Å². The summed E-state index contributed by atoms with van der Waals surface area (Å²) in [5, 5.41) is 11.8. The lowest BCUT2D eigenvalue weighted by Crippen LogP contribution is -2.44. The molecule has 2 unspecified atom stereocenters. The number of carbonyl (C=O) groups is 3. The van der Waals surface area contributed by atoms with Crippen LogP contribution in [-0.4, -0.2) is 82.3 Å². The zero-order valence-corrected chi connectivity index (χ0v) is 56.9. The molecule has 0 heterocycles. The first kappa shape index (κ1) is 82.7. The molecular formula is C78H133NO8. The zero-order valence-electron chi connectivity index (χ0n) is 56.9. The number of quaternary nitrogens is 1. The molecule has 0 saturated carbocycles. The molecule has 0 aromatic heterocycles. The Labute approximate surface area is 536 Å². The summed E-state index contributed by atoms with van der Waals surface area (Å²) in [6.45, 7) is 4.54. The third kappa shape index (κ3) is 69.0. The van der Waals surface area contributed by atoms with E-state index in [9.17, 15) is 19.5 Å². The van der Waals surface area contributed by atoms with Gasteiger partial charge >= 0.3 is 11.9 Å². The van der Waals surface area contributed by atoms with Crippen molar-refractivity contribution < 1.29 is 42.9 Å². The average Bonchev–Trinajstić information content (AvgIpc) is 3.57. The summed E-state index contributed by atoms with van der Waals surface area (Å²) in [5.41, 5.74) is 0. The lowest BCUT2D eigenvalue weighted by Gasteiger charge is -2.26. The van der Waals surface area contributed by atoms with E-state index in [0.29, 0.717) is 17.4 Å². The van der Waals surface area contributed by atoms with E-state index < -0.39 is 24.3 Å². The minimum atomic E-state index is -1.63. The molecule has 0 spiro atoms. The number of esters is 2. The van der Waals surface area contributed by atoms with Crippen LogP contribution in [0.5, 0.6) is 0 Å². The number of carbonyl (C=O) groups excluding carboxylic acids is 3. The fourth-order valence-electron chi connectivity index (χ4n) is 9.83. The average molecular weight is 1210 g/mol. The first-order chi connectivity index (χ1) is 42.6. The third-order valence-electron chi connectivity index (χ3n) is 15.2. The molecule has 0 aliphatic heterocycles. The van der Waals surface area contributed by atoms with Crippen molar-refractivity contribution in [3.8, 4) is 0 Å². The molecule has 0 amide bonds. The van der Waals surface area contributed by atoms with E-state index in [2.05, 4.69) is 135 Å². The van der Waals surface area contributed by atoms with Gasteiger partial charge in [-0.3, -0.25) is 9.59 Å². The fourth-order valence-corrected chi connectivity index (χ4v) is 9.83. The van der Waals surface area contributed by atoms with Gasteiger partial charge < -0.3 is 33.3 Å². The van der Waals surface area contributed by atoms with E-state index in [-0.39, 0.29) is 38.6 Å². The van der Waals surface area contributed by atoms with E-state index in [1.165, 1.54) is 161 Å². The maximum absolute atomic E-state index is 12.9. The summed E-state index contributed by atoms with van der Waals surface area (Å²) in [7, 11) is 5.93. The van der Waals surface area contributed by atoms with Crippen LogP contribution in [-0.2, 0) is 33.3 Å². The molecule has 0 rings (SSSR count). The minimum absolute atomic E-state index is 0.144. The zero-order chi connectivity index (χ0) is 63.3. The molecule has 9 heteroatoms. The Kier molecular flexibility index (Phi) is 64.3. The Morgan fingerprint density at radius 2 is 0.621 bits per heavy atom. The molecule has 498 valence electrons. The highest BCUT2D eigenvalue weighted by molar-refractivity contribution is 5.70. The van der Waals surface area contributed by atoms with Crippen LogP contribution in [0.3, 0.4) is 0 Å². The number of unbranched alkanes of at least 4 members (excludes halogenated alkanes) is 30. The van der Waals surface area contributed by atoms with Crippen molar-refractivity contribution in [3.05, 3.63) is 122 Å². The number of likely N-dealkylation sites (N-methyl/N-ethyl adjacent to an activating group) is 1. The van der Waals surface area contributed by atoms with Crippen LogP contribution < -0.4 is 5.11 Å². The molecule has 0 N–H and O–H groups in total. The number of carboxylic acids is 1.